The fourth-order valence-electron chi connectivity index (χ4n) is 0.530. The number of hydrogen-bond acceptors (Lipinski definition) is 2. The average Bonchev–Trinajstić information content (AvgIpc) is 2.33. The molecular formula is C7H7BrO2U. The average molecular weight is 441 g/mol. The van der Waals surface area contributed by atoms with Crippen molar-refractivity contribution in [1.82, 2.24) is 0 Å². The van der Waals surface area contributed by atoms with Crippen LogP contribution in [-0.4, -0.2) is 6.29 Å². The van der Waals surface area contributed by atoms with Crippen molar-refractivity contribution in [1.29, 1.82) is 0 Å². The van der Waals surface area contributed by atoms with Crippen molar-refractivity contribution in [2.24, 2.45) is 0 Å². The van der Waals surface area contributed by atoms with Crippen LogP contribution in [0.3, 0.4) is 0 Å². The largest absolute Gasteiger partial charge is 2.00 e. The van der Waals surface area contributed by atoms with Gasteiger partial charge in [-0.05, 0) is 5.33 Å². The van der Waals surface area contributed by atoms with Crippen molar-refractivity contribution in [3.8, 4) is 0 Å². The van der Waals surface area contributed by atoms with Gasteiger partial charge in [0.25, 0.3) is 0 Å². The van der Waals surface area contributed by atoms with E-state index in [-0.39, 0.29) is 44.3 Å². The van der Waals surface area contributed by atoms with Gasteiger partial charge in [-0.2, -0.15) is 0 Å². The molecule has 0 unspecified atom stereocenters. The van der Waals surface area contributed by atoms with Crippen LogP contribution < -0.4 is 0 Å². The normalized spacial score (nSPS) is 7.73. The maximum Gasteiger partial charge on any atom is 2.00 e. The molecule has 0 aromatic carbocycles. The van der Waals surface area contributed by atoms with E-state index in [1.807, 2.05) is 0 Å². The van der Waals surface area contributed by atoms with E-state index in [9.17, 15) is 4.79 Å². The molecule has 4 heteroatoms. The number of furan rings is 1. The van der Waals surface area contributed by atoms with Gasteiger partial charge in [0.15, 0.2) is 0 Å². The summed E-state index contributed by atoms with van der Waals surface area (Å²) in [6.45, 7) is 0. The molecule has 0 aliphatic rings. The molecule has 58 valence electrons. The van der Waals surface area contributed by atoms with E-state index in [4.69, 9.17) is 4.42 Å². The topological polar surface area (TPSA) is 30.2 Å². The van der Waals surface area contributed by atoms with Gasteiger partial charge in [-0.15, -0.1) is 27.6 Å². The third kappa shape index (κ3) is 3.60. The Morgan fingerprint density at radius 2 is 2.27 bits per heavy atom. The van der Waals surface area contributed by atoms with Crippen molar-refractivity contribution < 1.29 is 40.3 Å². The minimum atomic E-state index is 0. The molecular weight excluding hydrogens is 434 g/mol. The molecule has 0 aliphatic carbocycles. The van der Waals surface area contributed by atoms with Gasteiger partial charge in [-0.1, -0.05) is 0 Å². The Kier molecular flexibility index (Phi) is 9.12. The van der Waals surface area contributed by atoms with Crippen LogP contribution in [0.5, 0.6) is 0 Å². The molecule has 0 saturated heterocycles. The van der Waals surface area contributed by atoms with Gasteiger partial charge in [0, 0.05) is 12.0 Å². The van der Waals surface area contributed by atoms with E-state index < -0.39 is 0 Å². The maximum atomic E-state index is 10.0. The third-order valence-corrected chi connectivity index (χ3v) is 1.59. The summed E-state index contributed by atoms with van der Waals surface area (Å²) in [4.78, 5) is 10.0. The number of carbonyl (C=O) groups excluding carboxylic acids is 1. The van der Waals surface area contributed by atoms with Crippen LogP contribution in [0.15, 0.2) is 16.7 Å². The number of alkyl halides is 1. The molecule has 0 radical (unpaired) electrons. The number of halogens is 1. The Morgan fingerprint density at radius 3 is 2.64 bits per heavy atom. The molecule has 1 heterocycles. The van der Waals surface area contributed by atoms with E-state index in [0.717, 1.165) is 5.56 Å². The minimum absolute atomic E-state index is 0. The zero-order chi connectivity index (χ0) is 6.69. The summed E-state index contributed by atoms with van der Waals surface area (Å²) in [6, 6.07) is 1.73. The monoisotopic (exact) mass is 440 g/mol. The molecule has 0 fully saturated rings. The molecule has 0 atom stereocenters. The van der Waals surface area contributed by atoms with Crippen molar-refractivity contribution in [2.75, 3.05) is 0 Å². The molecule has 2 nitrogen and oxygen atoms in total. The van der Waals surface area contributed by atoms with Crippen LogP contribution in [0.2, 0.25) is 0 Å². The van der Waals surface area contributed by atoms with Crippen molar-refractivity contribution in [3.63, 3.8) is 0 Å². The summed E-state index contributed by atoms with van der Waals surface area (Å²) in [5.74, 6) is 0.284. The van der Waals surface area contributed by atoms with Crippen LogP contribution in [0.4, 0.5) is 0 Å². The Hall–Kier alpha value is 0.482. The fourth-order valence-corrected chi connectivity index (χ4v) is 0.972. The smallest absolute Gasteiger partial charge is 0.501 e. The molecule has 0 spiro atoms. The second-order valence-electron chi connectivity index (χ2n) is 1.51. The molecule has 0 aliphatic heterocycles. The summed E-state index contributed by atoms with van der Waals surface area (Å²) in [5, 5.41) is 0.633. The van der Waals surface area contributed by atoms with Gasteiger partial charge in [0.05, 0.1) is 6.26 Å². The molecule has 0 saturated carbocycles. The minimum Gasteiger partial charge on any atom is -0.501 e. The first-order chi connectivity index (χ1) is 4.38. The van der Waals surface area contributed by atoms with Crippen LogP contribution >= 0.6 is 15.9 Å². The van der Waals surface area contributed by atoms with E-state index >= 15 is 0 Å². The second-order valence-corrected chi connectivity index (χ2v) is 2.07. The zero-order valence-corrected chi connectivity index (χ0v) is 11.8. The Morgan fingerprint density at radius 1 is 1.64 bits per heavy atom. The zero-order valence-electron chi connectivity index (χ0n) is 6.06. The van der Waals surface area contributed by atoms with Gasteiger partial charge < -0.3 is 16.6 Å². The Balaban J connectivity index is 0. The quantitative estimate of drug-likeness (QED) is 0.520. The van der Waals surface area contributed by atoms with Crippen LogP contribution in [0.25, 0.3) is 0 Å². The molecule has 1 rings (SSSR count). The molecule has 1 aromatic heterocycles. The van der Waals surface area contributed by atoms with Crippen LogP contribution in [0, 0.1) is 38.5 Å². The predicted molar refractivity (Wildman–Crippen MR) is 42.5 cm³/mol. The summed E-state index contributed by atoms with van der Waals surface area (Å²) in [5.41, 5.74) is 0.838. The first-order valence-corrected chi connectivity index (χ1v) is 3.51. The third-order valence-electron chi connectivity index (χ3n) is 0.983. The second kappa shape index (κ2) is 7.15. The van der Waals surface area contributed by atoms with Gasteiger partial charge in [0.2, 0.25) is 0 Å². The van der Waals surface area contributed by atoms with Crippen molar-refractivity contribution in [3.05, 3.63) is 31.1 Å². The van der Waals surface area contributed by atoms with E-state index in [0.29, 0.717) is 5.33 Å². The maximum absolute atomic E-state index is 10.0. The molecule has 0 amide bonds. The SMILES string of the molecule is O=[C-]c1occc1CBr.[CH3-].[U+2]. The first-order valence-electron chi connectivity index (χ1n) is 2.39. The van der Waals surface area contributed by atoms with E-state index in [2.05, 4.69) is 15.9 Å². The van der Waals surface area contributed by atoms with Gasteiger partial charge in [-0.3, -0.25) is 0 Å². The van der Waals surface area contributed by atoms with Crippen LogP contribution in [-0.2, 0) is 10.1 Å². The Bertz CT molecular complexity index is 210. The summed E-state index contributed by atoms with van der Waals surface area (Å²) < 4.78 is 4.75. The summed E-state index contributed by atoms with van der Waals surface area (Å²) in [7, 11) is 0. The molecule has 1 aromatic rings. The van der Waals surface area contributed by atoms with E-state index in [1.54, 1.807) is 12.4 Å². The molecule has 11 heavy (non-hydrogen) atoms. The van der Waals surface area contributed by atoms with E-state index in [1.165, 1.54) is 6.26 Å². The van der Waals surface area contributed by atoms with Gasteiger partial charge in [-0.25, -0.2) is 0 Å². The Labute approximate surface area is 98.2 Å². The standard InChI is InChI=1S/C6H4BrO2.CH3.U/c7-3-5-1-2-9-6(5)4-8;;/h1-2H,3H2;1H3;/q2*-1;+2. The summed E-state index contributed by atoms with van der Waals surface area (Å²) in [6.07, 6.45) is 3.15. The number of hydrogen-bond donors (Lipinski definition) is 0. The molecule has 0 bridgehead atoms. The first kappa shape index (κ1) is 14.0. The predicted octanol–water partition coefficient (Wildman–Crippen LogP) is 2.08. The van der Waals surface area contributed by atoms with Gasteiger partial charge in [0.1, 0.15) is 0 Å². The van der Waals surface area contributed by atoms with Crippen molar-refractivity contribution in [2.45, 2.75) is 5.33 Å². The van der Waals surface area contributed by atoms with Crippen molar-refractivity contribution >= 4 is 22.2 Å². The van der Waals surface area contributed by atoms with Crippen LogP contribution in [0.1, 0.15) is 11.3 Å². The number of rotatable bonds is 2. The molecule has 0 N–H and O–H groups in total. The fraction of sp³-hybridized carbons (Fsp3) is 0.143. The van der Waals surface area contributed by atoms with Gasteiger partial charge >= 0.3 is 31.1 Å². The summed E-state index contributed by atoms with van der Waals surface area (Å²) >= 11 is 3.19.